The monoisotopic (exact) mass is 228 g/mol. The molecule has 1 aromatic heterocycles. The Morgan fingerprint density at radius 3 is 2.67 bits per heavy atom. The molecule has 0 saturated heterocycles. The van der Waals surface area contributed by atoms with E-state index in [2.05, 4.69) is 15.0 Å². The van der Waals surface area contributed by atoms with Crippen LogP contribution in [-0.2, 0) is 14.3 Å². The smallest absolute Gasteiger partial charge is 0.396 e. The molecule has 6 heteroatoms. The number of methoxy groups -OCH3 is 1. The minimum atomic E-state index is -0.920. The largest absolute Gasteiger partial charge is 0.462 e. The highest BCUT2D eigenvalue weighted by Crippen LogP contribution is 2.21. The van der Waals surface area contributed by atoms with Gasteiger partial charge in [0.25, 0.3) is 0 Å². The highest BCUT2D eigenvalue weighted by Gasteiger charge is 2.15. The molecule has 0 bridgehead atoms. The fourth-order valence-corrected chi connectivity index (χ4v) is 1.72. The van der Waals surface area contributed by atoms with Crippen molar-refractivity contribution in [1.29, 1.82) is 0 Å². The van der Waals surface area contributed by atoms with Crippen LogP contribution in [0.5, 0.6) is 0 Å². The van der Waals surface area contributed by atoms with E-state index in [1.165, 1.54) is 11.3 Å². The summed E-state index contributed by atoms with van der Waals surface area (Å²) in [5.41, 5.74) is 0.889. The number of thiazole rings is 1. The number of esters is 1. The molecule has 0 aromatic carbocycles. The molecule has 0 aliphatic rings. The molecule has 1 rings (SSSR count). The molecule has 1 aromatic rings. The van der Waals surface area contributed by atoms with E-state index in [1.807, 2.05) is 19.2 Å². The molecule has 0 radical (unpaired) electrons. The molecular weight excluding hydrogens is 216 g/mol. The predicted molar refractivity (Wildman–Crippen MR) is 56.8 cm³/mol. The zero-order valence-electron chi connectivity index (χ0n) is 8.73. The number of hydrogen-bond acceptors (Lipinski definition) is 5. The lowest BCUT2D eigenvalue weighted by atomic mass is 10.2. The standard InChI is InChI=1S/C9H12N2O3S/c1-5(2)6-4-15-9(10-6)11-7(12)8(13)14-3/h4-5H,1-3H3,(H,10,11,12). The first kappa shape index (κ1) is 11.6. The summed E-state index contributed by atoms with van der Waals surface area (Å²) >= 11 is 1.28. The zero-order chi connectivity index (χ0) is 11.4. The number of aromatic nitrogens is 1. The van der Waals surface area contributed by atoms with Crippen LogP contribution in [0.2, 0.25) is 0 Å². The molecule has 1 N–H and O–H groups in total. The van der Waals surface area contributed by atoms with Gasteiger partial charge in [0.1, 0.15) is 0 Å². The van der Waals surface area contributed by atoms with Gasteiger partial charge in [0.2, 0.25) is 0 Å². The molecular formula is C9H12N2O3S. The van der Waals surface area contributed by atoms with E-state index in [1.54, 1.807) is 0 Å². The van der Waals surface area contributed by atoms with E-state index in [4.69, 9.17) is 0 Å². The van der Waals surface area contributed by atoms with Gasteiger partial charge >= 0.3 is 11.9 Å². The Kier molecular flexibility index (Phi) is 3.79. The van der Waals surface area contributed by atoms with Crippen molar-refractivity contribution in [2.75, 3.05) is 12.4 Å². The quantitative estimate of drug-likeness (QED) is 0.613. The van der Waals surface area contributed by atoms with Crippen molar-refractivity contribution < 1.29 is 14.3 Å². The van der Waals surface area contributed by atoms with Crippen molar-refractivity contribution in [2.24, 2.45) is 0 Å². The summed E-state index contributed by atoms with van der Waals surface area (Å²) in [5, 5.41) is 4.62. The molecule has 0 unspecified atom stereocenters. The lowest BCUT2D eigenvalue weighted by Crippen LogP contribution is -2.23. The third-order valence-electron chi connectivity index (χ3n) is 1.70. The molecule has 1 amide bonds. The van der Waals surface area contributed by atoms with Crippen LogP contribution in [0.15, 0.2) is 5.38 Å². The molecule has 0 aliphatic heterocycles. The van der Waals surface area contributed by atoms with Crippen molar-refractivity contribution in [3.8, 4) is 0 Å². The topological polar surface area (TPSA) is 68.3 Å². The van der Waals surface area contributed by atoms with Crippen LogP contribution in [0.3, 0.4) is 0 Å². The van der Waals surface area contributed by atoms with Crippen LogP contribution in [0.4, 0.5) is 5.13 Å². The minimum Gasteiger partial charge on any atom is -0.462 e. The van der Waals surface area contributed by atoms with Crippen molar-refractivity contribution in [3.05, 3.63) is 11.1 Å². The van der Waals surface area contributed by atoms with E-state index >= 15 is 0 Å². The van der Waals surface area contributed by atoms with Gasteiger partial charge in [-0.2, -0.15) is 0 Å². The second kappa shape index (κ2) is 4.88. The van der Waals surface area contributed by atoms with Gasteiger partial charge in [-0.1, -0.05) is 13.8 Å². The zero-order valence-corrected chi connectivity index (χ0v) is 9.55. The molecule has 0 aliphatic carbocycles. The second-order valence-corrected chi connectivity index (χ2v) is 4.04. The molecule has 0 spiro atoms. The van der Waals surface area contributed by atoms with E-state index < -0.39 is 11.9 Å². The lowest BCUT2D eigenvalue weighted by Gasteiger charge is -1.99. The Hall–Kier alpha value is -1.43. The van der Waals surface area contributed by atoms with Gasteiger partial charge in [-0.3, -0.25) is 10.1 Å². The van der Waals surface area contributed by atoms with Gasteiger partial charge in [-0.05, 0) is 5.92 Å². The van der Waals surface area contributed by atoms with Gasteiger partial charge in [0.15, 0.2) is 5.13 Å². The maximum absolute atomic E-state index is 11.1. The lowest BCUT2D eigenvalue weighted by molar-refractivity contribution is -0.150. The van der Waals surface area contributed by atoms with Gasteiger partial charge in [0.05, 0.1) is 12.8 Å². The Labute approximate surface area is 91.5 Å². The highest BCUT2D eigenvalue weighted by molar-refractivity contribution is 7.14. The average molecular weight is 228 g/mol. The Morgan fingerprint density at radius 1 is 1.53 bits per heavy atom. The van der Waals surface area contributed by atoms with E-state index in [0.717, 1.165) is 12.8 Å². The molecule has 0 fully saturated rings. The van der Waals surface area contributed by atoms with Gasteiger partial charge < -0.3 is 4.74 Å². The van der Waals surface area contributed by atoms with E-state index in [-0.39, 0.29) is 0 Å². The SMILES string of the molecule is COC(=O)C(=O)Nc1nc(C(C)C)cs1. The minimum absolute atomic E-state index is 0.296. The first-order valence-electron chi connectivity index (χ1n) is 4.39. The van der Waals surface area contributed by atoms with E-state index in [9.17, 15) is 9.59 Å². The van der Waals surface area contributed by atoms with Crippen LogP contribution in [0.25, 0.3) is 0 Å². The van der Waals surface area contributed by atoms with Crippen molar-refractivity contribution in [2.45, 2.75) is 19.8 Å². The number of carbonyl (C=O) groups excluding carboxylic acids is 2. The molecule has 82 valence electrons. The molecule has 0 atom stereocenters. The summed E-state index contributed by atoms with van der Waals surface area (Å²) in [6.07, 6.45) is 0. The van der Waals surface area contributed by atoms with Crippen LogP contribution in [-0.4, -0.2) is 24.0 Å². The third-order valence-corrected chi connectivity index (χ3v) is 2.48. The number of anilines is 1. The Balaban J connectivity index is 2.65. The van der Waals surface area contributed by atoms with Crippen LogP contribution in [0.1, 0.15) is 25.5 Å². The van der Waals surface area contributed by atoms with Crippen LogP contribution >= 0.6 is 11.3 Å². The average Bonchev–Trinajstić information content (AvgIpc) is 2.65. The van der Waals surface area contributed by atoms with Crippen LogP contribution < -0.4 is 5.32 Å². The molecule has 0 saturated carbocycles. The number of ether oxygens (including phenoxy) is 1. The molecule has 1 heterocycles. The third kappa shape index (κ3) is 3.02. The summed E-state index contributed by atoms with van der Waals surface area (Å²) < 4.78 is 4.26. The summed E-state index contributed by atoms with van der Waals surface area (Å²) in [5.74, 6) is -1.43. The predicted octanol–water partition coefficient (Wildman–Crippen LogP) is 1.38. The summed E-state index contributed by atoms with van der Waals surface area (Å²) in [6, 6.07) is 0. The number of rotatable bonds is 2. The number of amides is 1. The van der Waals surface area contributed by atoms with Crippen LogP contribution in [0, 0.1) is 0 Å². The fourth-order valence-electron chi connectivity index (χ4n) is 0.850. The first-order chi connectivity index (χ1) is 7.04. The molecule has 5 nitrogen and oxygen atoms in total. The number of hydrogen-bond donors (Lipinski definition) is 1. The van der Waals surface area contributed by atoms with Gasteiger partial charge in [0, 0.05) is 5.38 Å². The number of carbonyl (C=O) groups is 2. The summed E-state index contributed by atoms with van der Waals surface area (Å²) in [7, 11) is 1.16. The van der Waals surface area contributed by atoms with Gasteiger partial charge in [-0.25, -0.2) is 9.78 Å². The molecule has 15 heavy (non-hydrogen) atoms. The highest BCUT2D eigenvalue weighted by atomic mass is 32.1. The maximum atomic E-state index is 11.1. The Bertz CT molecular complexity index is 373. The first-order valence-corrected chi connectivity index (χ1v) is 5.27. The summed E-state index contributed by atoms with van der Waals surface area (Å²) in [4.78, 5) is 26.0. The van der Waals surface area contributed by atoms with E-state index in [0.29, 0.717) is 11.0 Å². The Morgan fingerprint density at radius 2 is 2.20 bits per heavy atom. The van der Waals surface area contributed by atoms with Crippen molar-refractivity contribution >= 4 is 28.3 Å². The van der Waals surface area contributed by atoms with Gasteiger partial charge in [-0.15, -0.1) is 11.3 Å². The second-order valence-electron chi connectivity index (χ2n) is 3.18. The van der Waals surface area contributed by atoms with Crippen molar-refractivity contribution in [1.82, 2.24) is 4.98 Å². The normalized spacial score (nSPS) is 10.1. The number of nitrogens with one attached hydrogen (secondary N) is 1. The fraction of sp³-hybridized carbons (Fsp3) is 0.444. The maximum Gasteiger partial charge on any atom is 0.396 e. The summed E-state index contributed by atoms with van der Waals surface area (Å²) in [6.45, 7) is 4.00. The number of nitrogens with zero attached hydrogens (tertiary/aromatic N) is 1. The van der Waals surface area contributed by atoms with Crippen molar-refractivity contribution in [3.63, 3.8) is 0 Å².